The molecule has 0 saturated heterocycles. The van der Waals surface area contributed by atoms with Crippen LogP contribution in [0.4, 0.5) is 11.4 Å². The first-order valence-corrected chi connectivity index (χ1v) is 6.67. The van der Waals surface area contributed by atoms with E-state index < -0.39 is 0 Å². The predicted octanol–water partition coefficient (Wildman–Crippen LogP) is 2.49. The quantitative estimate of drug-likeness (QED) is 0.802. The number of benzene rings is 1. The minimum Gasteiger partial charge on any atom is -0.399 e. The summed E-state index contributed by atoms with van der Waals surface area (Å²) < 4.78 is 0. The fraction of sp³-hybridized carbons (Fsp3) is 0.533. The Bertz CT molecular complexity index is 443. The number of aryl methyl sites for hydroxylation is 1. The molecule has 1 unspecified atom stereocenters. The summed E-state index contributed by atoms with van der Waals surface area (Å²) in [6.07, 6.45) is 0. The Morgan fingerprint density at radius 3 is 2.53 bits per heavy atom. The van der Waals surface area contributed by atoms with E-state index in [0.29, 0.717) is 24.2 Å². The summed E-state index contributed by atoms with van der Waals surface area (Å²) in [7, 11) is 1.97. The average Bonchev–Trinajstić information content (AvgIpc) is 2.31. The molecule has 0 bridgehead atoms. The molecule has 1 aromatic carbocycles. The second-order valence-electron chi connectivity index (χ2n) is 5.52. The molecule has 106 valence electrons. The van der Waals surface area contributed by atoms with Crippen LogP contribution in [0.15, 0.2) is 18.2 Å². The molecular weight excluding hydrogens is 238 g/mol. The van der Waals surface area contributed by atoms with Crippen molar-refractivity contribution in [2.75, 3.05) is 24.6 Å². The fourth-order valence-corrected chi connectivity index (χ4v) is 1.90. The Balaban J connectivity index is 2.60. The number of amides is 1. The van der Waals surface area contributed by atoms with Gasteiger partial charge in [0, 0.05) is 17.4 Å². The zero-order chi connectivity index (χ0) is 14.6. The summed E-state index contributed by atoms with van der Waals surface area (Å²) in [5, 5.41) is 2.93. The minimum atomic E-state index is 0.00266. The first-order chi connectivity index (χ1) is 8.81. The van der Waals surface area contributed by atoms with Gasteiger partial charge in [-0.2, -0.15) is 0 Å². The Morgan fingerprint density at radius 2 is 2.00 bits per heavy atom. The van der Waals surface area contributed by atoms with Crippen molar-refractivity contribution in [2.24, 2.45) is 5.92 Å². The Morgan fingerprint density at radius 1 is 1.37 bits per heavy atom. The minimum absolute atomic E-state index is 0.00266. The van der Waals surface area contributed by atoms with E-state index in [-0.39, 0.29) is 5.91 Å². The lowest BCUT2D eigenvalue weighted by Gasteiger charge is -2.27. The smallest absolute Gasteiger partial charge is 0.238 e. The fourth-order valence-electron chi connectivity index (χ4n) is 1.90. The molecule has 4 heteroatoms. The number of nitrogens with two attached hydrogens (primary N) is 1. The molecule has 4 nitrogen and oxygen atoms in total. The lowest BCUT2D eigenvalue weighted by atomic mass is 10.1. The number of nitrogens with zero attached hydrogens (tertiary/aromatic N) is 1. The highest BCUT2D eigenvalue weighted by molar-refractivity contribution is 5.93. The highest BCUT2D eigenvalue weighted by Gasteiger charge is 2.16. The van der Waals surface area contributed by atoms with Crippen molar-refractivity contribution in [3.63, 3.8) is 0 Å². The SMILES string of the molecule is Cc1cc(N)ccc1NC(=O)CN(C)C(C)C(C)C. The van der Waals surface area contributed by atoms with Gasteiger partial charge in [0.25, 0.3) is 0 Å². The zero-order valence-corrected chi connectivity index (χ0v) is 12.5. The monoisotopic (exact) mass is 263 g/mol. The molecule has 1 rings (SSSR count). The van der Waals surface area contributed by atoms with Gasteiger partial charge in [-0.25, -0.2) is 0 Å². The summed E-state index contributed by atoms with van der Waals surface area (Å²) in [5.74, 6) is 0.527. The van der Waals surface area contributed by atoms with Gasteiger partial charge in [0.05, 0.1) is 6.54 Å². The summed E-state index contributed by atoms with van der Waals surface area (Å²) in [4.78, 5) is 14.1. The van der Waals surface area contributed by atoms with Crippen molar-refractivity contribution >= 4 is 17.3 Å². The molecule has 0 saturated carbocycles. The van der Waals surface area contributed by atoms with Crippen LogP contribution in [0.5, 0.6) is 0 Å². The highest BCUT2D eigenvalue weighted by Crippen LogP contribution is 2.17. The number of nitrogens with one attached hydrogen (secondary N) is 1. The van der Waals surface area contributed by atoms with Crippen molar-refractivity contribution in [3.8, 4) is 0 Å². The van der Waals surface area contributed by atoms with Crippen LogP contribution < -0.4 is 11.1 Å². The number of hydrogen-bond donors (Lipinski definition) is 2. The van der Waals surface area contributed by atoms with Crippen LogP contribution in [0.25, 0.3) is 0 Å². The van der Waals surface area contributed by atoms with Gasteiger partial charge in [-0.3, -0.25) is 9.69 Å². The van der Waals surface area contributed by atoms with Gasteiger partial charge >= 0.3 is 0 Å². The summed E-state index contributed by atoms with van der Waals surface area (Å²) >= 11 is 0. The molecule has 0 aromatic heterocycles. The number of hydrogen-bond acceptors (Lipinski definition) is 3. The molecule has 3 N–H and O–H groups in total. The molecule has 1 atom stereocenters. The normalized spacial score (nSPS) is 12.8. The third-order valence-electron chi connectivity index (χ3n) is 3.58. The predicted molar refractivity (Wildman–Crippen MR) is 81.2 cm³/mol. The molecule has 0 fully saturated rings. The molecule has 0 aliphatic rings. The standard InChI is InChI=1S/C15H25N3O/c1-10(2)12(4)18(5)9-15(19)17-14-7-6-13(16)8-11(14)3/h6-8,10,12H,9,16H2,1-5H3,(H,17,19). The van der Waals surface area contributed by atoms with E-state index in [4.69, 9.17) is 5.73 Å². The average molecular weight is 263 g/mol. The Hall–Kier alpha value is -1.55. The van der Waals surface area contributed by atoms with Gasteiger partial charge in [-0.1, -0.05) is 13.8 Å². The van der Waals surface area contributed by atoms with Crippen LogP contribution in [0.1, 0.15) is 26.3 Å². The van der Waals surface area contributed by atoms with Crippen LogP contribution in [-0.2, 0) is 4.79 Å². The number of rotatable bonds is 5. The summed E-state index contributed by atoms with van der Waals surface area (Å²) in [5.41, 5.74) is 8.20. The van der Waals surface area contributed by atoms with Crippen molar-refractivity contribution in [3.05, 3.63) is 23.8 Å². The third-order valence-corrected chi connectivity index (χ3v) is 3.58. The molecule has 0 heterocycles. The zero-order valence-electron chi connectivity index (χ0n) is 12.5. The second-order valence-corrected chi connectivity index (χ2v) is 5.52. The van der Waals surface area contributed by atoms with E-state index in [9.17, 15) is 4.79 Å². The number of anilines is 2. The van der Waals surface area contributed by atoms with Crippen LogP contribution in [-0.4, -0.2) is 30.4 Å². The van der Waals surface area contributed by atoms with E-state index in [2.05, 4.69) is 31.0 Å². The van der Waals surface area contributed by atoms with E-state index >= 15 is 0 Å². The highest BCUT2D eigenvalue weighted by atomic mass is 16.2. The van der Waals surface area contributed by atoms with Gasteiger partial charge < -0.3 is 11.1 Å². The maximum absolute atomic E-state index is 12.0. The molecule has 0 aliphatic heterocycles. The van der Waals surface area contributed by atoms with Gasteiger partial charge in [-0.15, -0.1) is 0 Å². The Kier molecular flexibility index (Phi) is 5.36. The van der Waals surface area contributed by atoms with Gasteiger partial charge in [0.1, 0.15) is 0 Å². The molecular formula is C15H25N3O. The first-order valence-electron chi connectivity index (χ1n) is 6.67. The third kappa shape index (κ3) is 4.56. The maximum atomic E-state index is 12.0. The molecule has 1 amide bonds. The Labute approximate surface area is 116 Å². The van der Waals surface area contributed by atoms with Gasteiger partial charge in [0.2, 0.25) is 5.91 Å². The van der Waals surface area contributed by atoms with E-state index in [1.165, 1.54) is 0 Å². The lowest BCUT2D eigenvalue weighted by molar-refractivity contribution is -0.117. The summed E-state index contributed by atoms with van der Waals surface area (Å²) in [6.45, 7) is 8.77. The maximum Gasteiger partial charge on any atom is 0.238 e. The van der Waals surface area contributed by atoms with Gasteiger partial charge in [-0.05, 0) is 50.6 Å². The molecule has 1 aromatic rings. The van der Waals surface area contributed by atoms with Crippen molar-refractivity contribution in [1.29, 1.82) is 0 Å². The van der Waals surface area contributed by atoms with E-state index in [1.54, 1.807) is 6.07 Å². The van der Waals surface area contributed by atoms with E-state index in [0.717, 1.165) is 11.3 Å². The first kappa shape index (κ1) is 15.5. The van der Waals surface area contributed by atoms with Crippen molar-refractivity contribution < 1.29 is 4.79 Å². The molecule has 0 spiro atoms. The number of carbonyl (C=O) groups excluding carboxylic acids is 1. The molecule has 19 heavy (non-hydrogen) atoms. The van der Waals surface area contributed by atoms with Crippen LogP contribution >= 0.6 is 0 Å². The largest absolute Gasteiger partial charge is 0.399 e. The van der Waals surface area contributed by atoms with Crippen LogP contribution in [0.2, 0.25) is 0 Å². The molecule has 0 aliphatic carbocycles. The van der Waals surface area contributed by atoms with E-state index in [1.807, 2.05) is 26.1 Å². The van der Waals surface area contributed by atoms with Crippen LogP contribution in [0.3, 0.4) is 0 Å². The second kappa shape index (κ2) is 6.57. The lowest BCUT2D eigenvalue weighted by Crippen LogP contribution is -2.39. The summed E-state index contributed by atoms with van der Waals surface area (Å²) in [6, 6.07) is 5.87. The topological polar surface area (TPSA) is 58.4 Å². The number of likely N-dealkylation sites (N-methyl/N-ethyl adjacent to an activating group) is 1. The van der Waals surface area contributed by atoms with Crippen LogP contribution in [0, 0.1) is 12.8 Å². The number of carbonyl (C=O) groups is 1. The van der Waals surface area contributed by atoms with Gasteiger partial charge in [0.15, 0.2) is 0 Å². The van der Waals surface area contributed by atoms with Crippen molar-refractivity contribution in [2.45, 2.75) is 33.7 Å². The molecule has 0 radical (unpaired) electrons. The van der Waals surface area contributed by atoms with Crippen molar-refractivity contribution in [1.82, 2.24) is 4.90 Å². The number of nitrogen functional groups attached to an aromatic ring is 1.